The van der Waals surface area contributed by atoms with E-state index in [0.29, 0.717) is 11.8 Å². The number of fused-ring (bicyclic) bond motifs is 1. The predicted molar refractivity (Wildman–Crippen MR) is 76.1 cm³/mol. The zero-order chi connectivity index (χ0) is 13.0. The fraction of sp³-hybridized carbons (Fsp3) is 0.357. The van der Waals surface area contributed by atoms with Crippen LogP contribution < -0.4 is 5.73 Å². The molecule has 0 aliphatic rings. The molecule has 2 N–H and O–H groups in total. The van der Waals surface area contributed by atoms with E-state index in [0.717, 1.165) is 28.6 Å². The van der Waals surface area contributed by atoms with Gasteiger partial charge >= 0.3 is 0 Å². The van der Waals surface area contributed by atoms with E-state index in [4.69, 9.17) is 5.73 Å². The van der Waals surface area contributed by atoms with E-state index in [1.807, 2.05) is 12.1 Å². The molecule has 0 radical (unpaired) electrons. The quantitative estimate of drug-likeness (QED) is 0.900. The van der Waals surface area contributed by atoms with Crippen LogP contribution in [0.4, 0.5) is 4.39 Å². The Kier molecular flexibility index (Phi) is 4.55. The third kappa shape index (κ3) is 3.21. The van der Waals surface area contributed by atoms with Gasteiger partial charge in [0.1, 0.15) is 5.82 Å². The van der Waals surface area contributed by atoms with Gasteiger partial charge in [0.25, 0.3) is 0 Å². The van der Waals surface area contributed by atoms with Crippen LogP contribution in [0.2, 0.25) is 0 Å². The van der Waals surface area contributed by atoms with Crippen molar-refractivity contribution in [2.45, 2.75) is 24.3 Å². The van der Waals surface area contributed by atoms with Crippen molar-refractivity contribution in [2.24, 2.45) is 5.73 Å². The Hall–Kier alpha value is -1.13. The molecule has 0 bridgehead atoms. The van der Waals surface area contributed by atoms with Crippen LogP contribution in [0.3, 0.4) is 0 Å². The van der Waals surface area contributed by atoms with E-state index in [2.05, 4.69) is 11.9 Å². The fourth-order valence-corrected chi connectivity index (χ4v) is 2.87. The van der Waals surface area contributed by atoms with E-state index < -0.39 is 0 Å². The van der Waals surface area contributed by atoms with Crippen LogP contribution in [0.1, 0.15) is 18.9 Å². The van der Waals surface area contributed by atoms with Gasteiger partial charge in [-0.3, -0.25) is 4.98 Å². The molecule has 0 fully saturated rings. The zero-order valence-electron chi connectivity index (χ0n) is 10.4. The Morgan fingerprint density at radius 3 is 3.06 bits per heavy atom. The molecule has 0 amide bonds. The Bertz CT molecular complexity index is 530. The Labute approximate surface area is 111 Å². The lowest BCUT2D eigenvalue weighted by atomic mass is 10.1. The number of benzene rings is 1. The third-order valence-corrected chi connectivity index (χ3v) is 4.13. The molecule has 0 aliphatic heterocycles. The van der Waals surface area contributed by atoms with E-state index in [9.17, 15) is 4.39 Å². The molecule has 2 aromatic rings. The average Bonchev–Trinajstić information content (AvgIpc) is 2.36. The molecule has 0 saturated heterocycles. The fourth-order valence-electron chi connectivity index (χ4n) is 1.89. The highest BCUT2D eigenvalue weighted by Gasteiger charge is 2.08. The maximum Gasteiger partial charge on any atom is 0.124 e. The Morgan fingerprint density at radius 1 is 1.44 bits per heavy atom. The van der Waals surface area contributed by atoms with Gasteiger partial charge in [-0.15, -0.1) is 0 Å². The highest BCUT2D eigenvalue weighted by Crippen LogP contribution is 2.25. The van der Waals surface area contributed by atoms with E-state index in [-0.39, 0.29) is 5.82 Å². The van der Waals surface area contributed by atoms with Crippen molar-refractivity contribution in [1.82, 2.24) is 4.98 Å². The van der Waals surface area contributed by atoms with Crippen LogP contribution >= 0.6 is 11.8 Å². The van der Waals surface area contributed by atoms with Crippen molar-refractivity contribution in [3.8, 4) is 0 Å². The van der Waals surface area contributed by atoms with Gasteiger partial charge in [-0.05, 0) is 36.7 Å². The summed E-state index contributed by atoms with van der Waals surface area (Å²) in [6, 6.07) is 6.83. The number of hydrogen-bond donors (Lipinski definition) is 1. The Balaban J connectivity index is 2.21. The Morgan fingerprint density at radius 2 is 2.28 bits per heavy atom. The molecule has 2 rings (SSSR count). The van der Waals surface area contributed by atoms with Crippen LogP contribution in [0, 0.1) is 5.82 Å². The molecule has 18 heavy (non-hydrogen) atoms. The first-order valence-electron chi connectivity index (χ1n) is 6.05. The van der Waals surface area contributed by atoms with Crippen LogP contribution in [-0.4, -0.2) is 16.8 Å². The van der Waals surface area contributed by atoms with Gasteiger partial charge in [-0.25, -0.2) is 4.39 Å². The lowest BCUT2D eigenvalue weighted by Crippen LogP contribution is -2.07. The standard InChI is InChI=1S/C14H17FN2S/c1-10(4-5-16)18-9-12-8-13(15)7-11-3-2-6-17-14(11)12/h2-3,6-8,10H,4-5,9,16H2,1H3. The summed E-state index contributed by atoms with van der Waals surface area (Å²) in [5.74, 6) is 0.574. The van der Waals surface area contributed by atoms with Gasteiger partial charge in [0.15, 0.2) is 0 Å². The van der Waals surface area contributed by atoms with Crippen molar-refractivity contribution < 1.29 is 4.39 Å². The molecule has 1 unspecified atom stereocenters. The number of nitrogens with two attached hydrogens (primary N) is 1. The second-order valence-corrected chi connectivity index (χ2v) is 5.77. The van der Waals surface area contributed by atoms with Crippen LogP contribution in [-0.2, 0) is 5.75 Å². The maximum absolute atomic E-state index is 13.5. The number of hydrogen-bond acceptors (Lipinski definition) is 3. The van der Waals surface area contributed by atoms with Gasteiger partial charge < -0.3 is 5.73 Å². The summed E-state index contributed by atoms with van der Waals surface area (Å²) < 4.78 is 13.5. The highest BCUT2D eigenvalue weighted by atomic mass is 32.2. The first-order valence-corrected chi connectivity index (χ1v) is 7.10. The van der Waals surface area contributed by atoms with Crippen LogP contribution in [0.15, 0.2) is 30.5 Å². The molecular weight excluding hydrogens is 247 g/mol. The lowest BCUT2D eigenvalue weighted by Gasteiger charge is -2.11. The summed E-state index contributed by atoms with van der Waals surface area (Å²) in [7, 11) is 0. The topological polar surface area (TPSA) is 38.9 Å². The van der Waals surface area contributed by atoms with E-state index in [1.54, 1.807) is 24.0 Å². The minimum absolute atomic E-state index is 0.197. The second-order valence-electron chi connectivity index (χ2n) is 4.34. The molecule has 1 aromatic heterocycles. The van der Waals surface area contributed by atoms with Crippen molar-refractivity contribution in [3.63, 3.8) is 0 Å². The second kappa shape index (κ2) is 6.16. The van der Waals surface area contributed by atoms with E-state index >= 15 is 0 Å². The van der Waals surface area contributed by atoms with Gasteiger partial charge in [0, 0.05) is 22.6 Å². The third-order valence-electron chi connectivity index (χ3n) is 2.85. The van der Waals surface area contributed by atoms with Crippen molar-refractivity contribution in [2.75, 3.05) is 6.54 Å². The van der Waals surface area contributed by atoms with Crippen LogP contribution in [0.5, 0.6) is 0 Å². The highest BCUT2D eigenvalue weighted by molar-refractivity contribution is 7.99. The maximum atomic E-state index is 13.5. The molecule has 4 heteroatoms. The molecule has 0 aliphatic carbocycles. The molecule has 0 spiro atoms. The number of nitrogens with zero attached hydrogens (tertiary/aromatic N) is 1. The first-order chi connectivity index (χ1) is 8.70. The smallest absolute Gasteiger partial charge is 0.124 e. The van der Waals surface area contributed by atoms with Gasteiger partial charge in [-0.2, -0.15) is 11.8 Å². The molecule has 2 nitrogen and oxygen atoms in total. The van der Waals surface area contributed by atoms with Crippen LogP contribution in [0.25, 0.3) is 10.9 Å². The summed E-state index contributed by atoms with van der Waals surface area (Å²) in [4.78, 5) is 4.34. The SMILES string of the molecule is CC(CCN)SCc1cc(F)cc2cccnc12. The van der Waals surface area contributed by atoms with Gasteiger partial charge in [0.2, 0.25) is 0 Å². The van der Waals surface area contributed by atoms with Crippen molar-refractivity contribution in [1.29, 1.82) is 0 Å². The number of halogens is 1. The molecule has 96 valence electrons. The lowest BCUT2D eigenvalue weighted by molar-refractivity contribution is 0.628. The van der Waals surface area contributed by atoms with Crippen molar-refractivity contribution >= 4 is 22.7 Å². The monoisotopic (exact) mass is 264 g/mol. The predicted octanol–water partition coefficient (Wildman–Crippen LogP) is 3.34. The van der Waals surface area contributed by atoms with Gasteiger partial charge in [-0.1, -0.05) is 13.0 Å². The normalized spacial score (nSPS) is 12.8. The summed E-state index contributed by atoms with van der Waals surface area (Å²) in [6.45, 7) is 2.84. The number of aromatic nitrogens is 1. The van der Waals surface area contributed by atoms with Gasteiger partial charge in [0.05, 0.1) is 5.52 Å². The molecular formula is C14H17FN2S. The number of thioether (sulfide) groups is 1. The molecule has 0 saturated carbocycles. The van der Waals surface area contributed by atoms with Crippen molar-refractivity contribution in [3.05, 3.63) is 41.8 Å². The summed E-state index contributed by atoms with van der Waals surface area (Å²) >= 11 is 1.79. The largest absolute Gasteiger partial charge is 0.330 e. The molecule has 1 heterocycles. The molecule has 1 atom stereocenters. The minimum atomic E-state index is -0.197. The zero-order valence-corrected chi connectivity index (χ0v) is 11.2. The summed E-state index contributed by atoms with van der Waals surface area (Å²) in [5.41, 5.74) is 7.38. The average molecular weight is 264 g/mol. The molecule has 1 aromatic carbocycles. The summed E-state index contributed by atoms with van der Waals surface area (Å²) in [6.07, 6.45) is 2.73. The summed E-state index contributed by atoms with van der Waals surface area (Å²) in [5, 5.41) is 1.34. The first kappa shape index (κ1) is 13.3. The minimum Gasteiger partial charge on any atom is -0.330 e. The van der Waals surface area contributed by atoms with E-state index in [1.165, 1.54) is 6.07 Å². The number of pyridine rings is 1. The number of rotatable bonds is 5.